The molecule has 4 heteroatoms. The highest BCUT2D eigenvalue weighted by atomic mass is 19.1. The highest BCUT2D eigenvalue weighted by molar-refractivity contribution is 5.73. The van der Waals surface area contributed by atoms with Crippen molar-refractivity contribution >= 4 is 6.03 Å². The summed E-state index contributed by atoms with van der Waals surface area (Å²) < 4.78 is 13.2. The van der Waals surface area contributed by atoms with Crippen molar-refractivity contribution in [3.63, 3.8) is 0 Å². The fourth-order valence-corrected chi connectivity index (χ4v) is 1.24. The molecular weight excluding hydrogens is 207 g/mol. The third-order valence-corrected chi connectivity index (χ3v) is 2.04. The molecule has 3 nitrogen and oxygen atoms in total. The number of carbonyl (C=O) groups excluding carboxylic acids is 1. The summed E-state index contributed by atoms with van der Waals surface area (Å²) in [4.78, 5) is 11.1. The molecule has 0 aliphatic carbocycles. The Balaban J connectivity index is 2.28. The van der Waals surface area contributed by atoms with E-state index in [0.29, 0.717) is 25.1 Å². The Bertz CT molecular complexity index is 366. The second-order valence-corrected chi connectivity index (χ2v) is 3.27. The zero-order valence-corrected chi connectivity index (χ0v) is 9.00. The summed E-state index contributed by atoms with van der Waals surface area (Å²) in [6.07, 6.45) is 2.07. The lowest BCUT2D eigenvalue weighted by atomic mass is 10.1. The van der Waals surface area contributed by atoms with Gasteiger partial charge < -0.3 is 10.6 Å². The van der Waals surface area contributed by atoms with Crippen LogP contribution in [0.2, 0.25) is 0 Å². The number of hydrogen-bond donors (Lipinski definition) is 2. The van der Waals surface area contributed by atoms with Gasteiger partial charge in [-0.05, 0) is 18.1 Å². The van der Waals surface area contributed by atoms with Gasteiger partial charge in [0.15, 0.2) is 0 Å². The lowest BCUT2D eigenvalue weighted by Crippen LogP contribution is -2.36. The number of halogens is 1. The minimum atomic E-state index is -0.267. The fourth-order valence-electron chi connectivity index (χ4n) is 1.24. The number of nitrogens with one attached hydrogen (secondary N) is 2. The van der Waals surface area contributed by atoms with Gasteiger partial charge in [-0.2, -0.15) is 0 Å². The molecule has 2 amide bonds. The minimum absolute atomic E-state index is 0.240. The average molecular weight is 222 g/mol. The van der Waals surface area contributed by atoms with Gasteiger partial charge in [0.05, 0.1) is 0 Å². The van der Waals surface area contributed by atoms with Crippen LogP contribution in [0.15, 0.2) is 36.9 Å². The molecule has 0 saturated heterocycles. The largest absolute Gasteiger partial charge is 0.338 e. The number of urea groups is 1. The maximum Gasteiger partial charge on any atom is 0.315 e. The first-order chi connectivity index (χ1) is 7.74. The molecular formula is C12H15FN2O. The van der Waals surface area contributed by atoms with Crippen LogP contribution in [-0.2, 0) is 6.42 Å². The summed E-state index contributed by atoms with van der Waals surface area (Å²) in [5, 5.41) is 5.20. The summed E-state index contributed by atoms with van der Waals surface area (Å²) in [7, 11) is 0. The normalized spacial score (nSPS) is 9.56. The Labute approximate surface area is 94.4 Å². The molecule has 86 valence electrons. The fraction of sp³-hybridized carbons (Fsp3) is 0.250. The van der Waals surface area contributed by atoms with Gasteiger partial charge >= 0.3 is 6.03 Å². The van der Waals surface area contributed by atoms with E-state index in [1.54, 1.807) is 24.3 Å². The van der Waals surface area contributed by atoms with E-state index in [1.165, 1.54) is 6.07 Å². The maximum absolute atomic E-state index is 13.2. The van der Waals surface area contributed by atoms with Crippen molar-refractivity contribution in [1.82, 2.24) is 10.6 Å². The van der Waals surface area contributed by atoms with Crippen LogP contribution < -0.4 is 10.6 Å². The Kier molecular flexibility index (Phi) is 5.05. The van der Waals surface area contributed by atoms with Crippen LogP contribution in [0.5, 0.6) is 0 Å². The molecule has 2 N–H and O–H groups in total. The summed E-state index contributed by atoms with van der Waals surface area (Å²) >= 11 is 0. The Morgan fingerprint density at radius 1 is 1.38 bits per heavy atom. The lowest BCUT2D eigenvalue weighted by Gasteiger charge is -2.06. The first-order valence-electron chi connectivity index (χ1n) is 5.10. The van der Waals surface area contributed by atoms with Gasteiger partial charge in [0.2, 0.25) is 0 Å². The zero-order chi connectivity index (χ0) is 11.8. The minimum Gasteiger partial charge on any atom is -0.338 e. The van der Waals surface area contributed by atoms with E-state index in [1.807, 2.05) is 0 Å². The van der Waals surface area contributed by atoms with E-state index in [2.05, 4.69) is 17.2 Å². The van der Waals surface area contributed by atoms with Crippen molar-refractivity contribution in [3.8, 4) is 0 Å². The third kappa shape index (κ3) is 4.13. The van der Waals surface area contributed by atoms with Gasteiger partial charge in [-0.25, -0.2) is 9.18 Å². The second kappa shape index (κ2) is 6.61. The predicted octanol–water partition coefficient (Wildman–Crippen LogP) is 1.85. The molecule has 0 radical (unpaired) electrons. The smallest absolute Gasteiger partial charge is 0.315 e. The van der Waals surface area contributed by atoms with Crippen LogP contribution in [-0.4, -0.2) is 19.1 Å². The maximum atomic E-state index is 13.2. The van der Waals surface area contributed by atoms with Crippen LogP contribution in [0.1, 0.15) is 5.56 Å². The Hall–Kier alpha value is -1.84. The van der Waals surface area contributed by atoms with E-state index in [0.717, 1.165) is 0 Å². The van der Waals surface area contributed by atoms with Crippen molar-refractivity contribution in [2.45, 2.75) is 6.42 Å². The van der Waals surface area contributed by atoms with Crippen LogP contribution in [0.25, 0.3) is 0 Å². The van der Waals surface area contributed by atoms with Crippen molar-refractivity contribution in [1.29, 1.82) is 0 Å². The topological polar surface area (TPSA) is 41.1 Å². The molecule has 1 aromatic carbocycles. The molecule has 0 aliphatic heterocycles. The van der Waals surface area contributed by atoms with Gasteiger partial charge in [-0.3, -0.25) is 0 Å². The standard InChI is InChI=1S/C12H15FN2O/c1-2-8-14-12(16)15-9-7-10-5-3-4-6-11(10)13/h2-6H,1,7-9H2,(H2,14,15,16). The molecule has 1 aromatic rings. The molecule has 0 aliphatic rings. The van der Waals surface area contributed by atoms with E-state index in [9.17, 15) is 9.18 Å². The van der Waals surface area contributed by atoms with E-state index in [-0.39, 0.29) is 11.8 Å². The van der Waals surface area contributed by atoms with Crippen molar-refractivity contribution in [2.75, 3.05) is 13.1 Å². The quantitative estimate of drug-likeness (QED) is 0.733. The first kappa shape index (κ1) is 12.2. The van der Waals surface area contributed by atoms with Gasteiger partial charge in [0, 0.05) is 13.1 Å². The number of benzene rings is 1. The third-order valence-electron chi connectivity index (χ3n) is 2.04. The molecule has 0 aromatic heterocycles. The number of amides is 2. The van der Waals surface area contributed by atoms with Crippen molar-refractivity contribution in [2.24, 2.45) is 0 Å². The summed E-state index contributed by atoms with van der Waals surface area (Å²) in [5.74, 6) is -0.240. The second-order valence-electron chi connectivity index (χ2n) is 3.27. The zero-order valence-electron chi connectivity index (χ0n) is 9.00. The monoisotopic (exact) mass is 222 g/mol. The van der Waals surface area contributed by atoms with Gasteiger partial charge in [0.25, 0.3) is 0 Å². The van der Waals surface area contributed by atoms with Crippen LogP contribution in [0.3, 0.4) is 0 Å². The van der Waals surface area contributed by atoms with E-state index >= 15 is 0 Å². The summed E-state index contributed by atoms with van der Waals surface area (Å²) in [5.41, 5.74) is 0.603. The van der Waals surface area contributed by atoms with Crippen molar-refractivity contribution < 1.29 is 9.18 Å². The first-order valence-corrected chi connectivity index (χ1v) is 5.10. The highest BCUT2D eigenvalue weighted by Gasteiger charge is 2.01. The molecule has 1 rings (SSSR count). The number of hydrogen-bond acceptors (Lipinski definition) is 1. The molecule has 0 spiro atoms. The molecule has 0 bridgehead atoms. The van der Waals surface area contributed by atoms with Gasteiger partial charge in [0.1, 0.15) is 5.82 Å². The van der Waals surface area contributed by atoms with Gasteiger partial charge in [-0.15, -0.1) is 6.58 Å². The summed E-state index contributed by atoms with van der Waals surface area (Å²) in [6.45, 7) is 4.31. The SMILES string of the molecule is C=CCNC(=O)NCCc1ccccc1F. The number of carbonyl (C=O) groups is 1. The van der Waals surface area contributed by atoms with Crippen LogP contribution in [0, 0.1) is 5.82 Å². The molecule has 0 fully saturated rings. The van der Waals surface area contributed by atoms with E-state index < -0.39 is 0 Å². The van der Waals surface area contributed by atoms with Crippen LogP contribution >= 0.6 is 0 Å². The van der Waals surface area contributed by atoms with Crippen molar-refractivity contribution in [3.05, 3.63) is 48.3 Å². The summed E-state index contributed by atoms with van der Waals surface area (Å²) in [6, 6.07) is 6.27. The average Bonchev–Trinajstić information content (AvgIpc) is 2.29. The Morgan fingerprint density at radius 3 is 2.81 bits per heavy atom. The molecule has 0 atom stereocenters. The van der Waals surface area contributed by atoms with E-state index in [4.69, 9.17) is 0 Å². The predicted molar refractivity (Wildman–Crippen MR) is 61.7 cm³/mol. The number of rotatable bonds is 5. The lowest BCUT2D eigenvalue weighted by molar-refractivity contribution is 0.242. The molecule has 0 unspecified atom stereocenters. The Morgan fingerprint density at radius 2 is 2.12 bits per heavy atom. The molecule has 0 heterocycles. The van der Waals surface area contributed by atoms with Gasteiger partial charge in [-0.1, -0.05) is 24.3 Å². The van der Waals surface area contributed by atoms with Crippen LogP contribution in [0.4, 0.5) is 9.18 Å². The highest BCUT2D eigenvalue weighted by Crippen LogP contribution is 2.05. The molecule has 16 heavy (non-hydrogen) atoms. The molecule has 0 saturated carbocycles.